The highest BCUT2D eigenvalue weighted by molar-refractivity contribution is 6.01. The third-order valence-electron chi connectivity index (χ3n) is 5.39. The second-order valence-electron chi connectivity index (χ2n) is 7.27. The first kappa shape index (κ1) is 20.5. The number of nitrogens with zero attached hydrogens (tertiary/aromatic N) is 3. The van der Waals surface area contributed by atoms with Gasteiger partial charge in [-0.3, -0.25) is 14.7 Å². The van der Waals surface area contributed by atoms with E-state index in [0.717, 1.165) is 5.69 Å². The molecule has 0 bridgehead atoms. The van der Waals surface area contributed by atoms with E-state index in [1.165, 1.54) is 0 Å². The van der Waals surface area contributed by atoms with Crippen LogP contribution in [0.1, 0.15) is 17.3 Å². The summed E-state index contributed by atoms with van der Waals surface area (Å²) >= 11 is 0. The molecular formula is C23H24N4O4. The molecule has 3 heterocycles. The zero-order valence-electron chi connectivity index (χ0n) is 17.5. The van der Waals surface area contributed by atoms with Gasteiger partial charge < -0.3 is 19.7 Å². The first-order chi connectivity index (χ1) is 15.0. The van der Waals surface area contributed by atoms with Crippen molar-refractivity contribution in [3.05, 3.63) is 77.8 Å². The van der Waals surface area contributed by atoms with Crippen LogP contribution in [0, 0.1) is 0 Å². The molecule has 1 atom stereocenters. The number of pyridine rings is 1. The molecule has 0 saturated heterocycles. The van der Waals surface area contributed by atoms with Gasteiger partial charge in [0.05, 0.1) is 50.3 Å². The minimum Gasteiger partial charge on any atom is -0.497 e. The summed E-state index contributed by atoms with van der Waals surface area (Å²) in [6.07, 6.45) is 3.34. The maximum atomic E-state index is 13.5. The van der Waals surface area contributed by atoms with Crippen LogP contribution in [0.3, 0.4) is 0 Å². The van der Waals surface area contributed by atoms with Gasteiger partial charge in [0, 0.05) is 18.8 Å². The third kappa shape index (κ3) is 3.84. The first-order valence-corrected chi connectivity index (χ1v) is 9.89. The topological polar surface area (TPSA) is 84.0 Å². The predicted octanol–water partition coefficient (Wildman–Crippen LogP) is 2.65. The summed E-state index contributed by atoms with van der Waals surface area (Å²) < 4.78 is 10.8. The quantitative estimate of drug-likeness (QED) is 0.697. The molecule has 4 rings (SSSR count). The maximum absolute atomic E-state index is 13.5. The highest BCUT2D eigenvalue weighted by Gasteiger charge is 2.44. The van der Waals surface area contributed by atoms with Gasteiger partial charge in [0.2, 0.25) is 0 Å². The molecular weight excluding hydrogens is 396 g/mol. The Morgan fingerprint density at radius 2 is 1.94 bits per heavy atom. The van der Waals surface area contributed by atoms with Crippen molar-refractivity contribution in [2.75, 3.05) is 27.3 Å². The number of carbonyl (C=O) groups excluding carboxylic acids is 2. The molecule has 0 radical (unpaired) electrons. The van der Waals surface area contributed by atoms with Gasteiger partial charge in [0.1, 0.15) is 11.5 Å². The molecule has 1 aromatic heterocycles. The van der Waals surface area contributed by atoms with Crippen molar-refractivity contribution in [2.24, 2.45) is 0 Å². The van der Waals surface area contributed by atoms with E-state index in [0.29, 0.717) is 48.0 Å². The molecule has 8 nitrogen and oxygen atoms in total. The SMILES string of the molecule is C=CCN1C(=O)NC(c2cc(OC)cc(OC)c2)C2=C1CN(Cc1ccccn1)C2=O. The summed E-state index contributed by atoms with van der Waals surface area (Å²) in [4.78, 5) is 34.0. The Morgan fingerprint density at radius 1 is 1.19 bits per heavy atom. The predicted molar refractivity (Wildman–Crippen MR) is 114 cm³/mol. The van der Waals surface area contributed by atoms with Crippen LogP contribution in [-0.4, -0.2) is 54.0 Å². The standard InChI is InChI=1S/C23H24N4O4/c1-4-9-27-19-14-26(13-16-7-5-6-8-24-16)22(28)20(19)21(25-23(27)29)15-10-17(30-2)12-18(11-15)31-3/h4-8,10-12,21H,1,9,13-14H2,2-3H3,(H,25,29). The zero-order chi connectivity index (χ0) is 22.0. The van der Waals surface area contributed by atoms with Gasteiger partial charge in [-0.1, -0.05) is 12.1 Å². The van der Waals surface area contributed by atoms with Gasteiger partial charge in [-0.05, 0) is 29.8 Å². The molecule has 0 fully saturated rings. The van der Waals surface area contributed by atoms with Crippen molar-refractivity contribution in [2.45, 2.75) is 12.6 Å². The minimum atomic E-state index is -0.617. The molecule has 160 valence electrons. The van der Waals surface area contributed by atoms with E-state index in [-0.39, 0.29) is 11.9 Å². The van der Waals surface area contributed by atoms with Crippen molar-refractivity contribution < 1.29 is 19.1 Å². The lowest BCUT2D eigenvalue weighted by atomic mass is 9.95. The van der Waals surface area contributed by atoms with Gasteiger partial charge in [0.25, 0.3) is 5.91 Å². The number of urea groups is 1. The van der Waals surface area contributed by atoms with E-state index in [1.54, 1.807) is 54.5 Å². The molecule has 31 heavy (non-hydrogen) atoms. The number of ether oxygens (including phenoxy) is 2. The van der Waals surface area contributed by atoms with Crippen LogP contribution in [0.15, 0.2) is 66.5 Å². The Hall–Kier alpha value is -3.81. The molecule has 1 unspecified atom stereocenters. The van der Waals surface area contributed by atoms with Crippen molar-refractivity contribution in [3.8, 4) is 11.5 Å². The molecule has 0 aliphatic carbocycles. The van der Waals surface area contributed by atoms with Gasteiger partial charge in [0.15, 0.2) is 0 Å². The van der Waals surface area contributed by atoms with Crippen LogP contribution in [0.5, 0.6) is 11.5 Å². The van der Waals surface area contributed by atoms with Crippen LogP contribution in [-0.2, 0) is 11.3 Å². The summed E-state index contributed by atoms with van der Waals surface area (Å²) in [7, 11) is 3.12. The van der Waals surface area contributed by atoms with Crippen molar-refractivity contribution in [1.29, 1.82) is 0 Å². The molecule has 1 aromatic carbocycles. The lowest BCUT2D eigenvalue weighted by Gasteiger charge is -2.33. The summed E-state index contributed by atoms with van der Waals surface area (Å²) in [6, 6.07) is 10.0. The second kappa shape index (κ2) is 8.51. The highest BCUT2D eigenvalue weighted by atomic mass is 16.5. The lowest BCUT2D eigenvalue weighted by molar-refractivity contribution is -0.126. The summed E-state index contributed by atoms with van der Waals surface area (Å²) in [5, 5.41) is 2.96. The Balaban J connectivity index is 1.75. The monoisotopic (exact) mass is 420 g/mol. The minimum absolute atomic E-state index is 0.137. The van der Waals surface area contributed by atoms with E-state index in [2.05, 4.69) is 16.9 Å². The average Bonchev–Trinajstić information content (AvgIpc) is 3.11. The number of aromatic nitrogens is 1. The Bertz CT molecular complexity index is 1030. The third-order valence-corrected chi connectivity index (χ3v) is 5.39. The highest BCUT2D eigenvalue weighted by Crippen LogP contribution is 2.38. The van der Waals surface area contributed by atoms with E-state index in [4.69, 9.17) is 9.47 Å². The van der Waals surface area contributed by atoms with Gasteiger partial charge in [-0.2, -0.15) is 0 Å². The second-order valence-corrected chi connectivity index (χ2v) is 7.27. The van der Waals surface area contributed by atoms with E-state index in [9.17, 15) is 9.59 Å². The Labute approximate surface area is 180 Å². The number of nitrogens with one attached hydrogen (secondary N) is 1. The molecule has 3 amide bonds. The molecule has 2 aromatic rings. The number of amides is 3. The largest absolute Gasteiger partial charge is 0.497 e. The number of rotatable bonds is 7. The van der Waals surface area contributed by atoms with Crippen LogP contribution < -0.4 is 14.8 Å². The summed E-state index contributed by atoms with van der Waals surface area (Å²) in [5.41, 5.74) is 2.71. The molecule has 1 N–H and O–H groups in total. The fourth-order valence-corrected chi connectivity index (χ4v) is 3.93. The average molecular weight is 420 g/mol. The smallest absolute Gasteiger partial charge is 0.322 e. The van der Waals surface area contributed by atoms with E-state index >= 15 is 0 Å². The normalized spacial score (nSPS) is 18.1. The number of benzene rings is 1. The summed E-state index contributed by atoms with van der Waals surface area (Å²) in [6.45, 7) is 4.74. The number of hydrogen-bond donors (Lipinski definition) is 1. The van der Waals surface area contributed by atoms with E-state index < -0.39 is 6.04 Å². The number of hydrogen-bond acceptors (Lipinski definition) is 5. The fourth-order valence-electron chi connectivity index (χ4n) is 3.93. The zero-order valence-corrected chi connectivity index (χ0v) is 17.5. The maximum Gasteiger partial charge on any atom is 0.322 e. The Morgan fingerprint density at radius 3 is 2.55 bits per heavy atom. The van der Waals surface area contributed by atoms with Crippen molar-refractivity contribution >= 4 is 11.9 Å². The van der Waals surface area contributed by atoms with Crippen LogP contribution in [0.4, 0.5) is 4.79 Å². The number of methoxy groups -OCH3 is 2. The lowest BCUT2D eigenvalue weighted by Crippen LogP contribution is -2.47. The Kier molecular flexibility index (Phi) is 5.62. The van der Waals surface area contributed by atoms with E-state index in [1.807, 2.05) is 18.2 Å². The molecule has 0 spiro atoms. The fraction of sp³-hybridized carbons (Fsp3) is 0.261. The number of carbonyl (C=O) groups is 2. The van der Waals surface area contributed by atoms with Gasteiger partial charge in [-0.25, -0.2) is 4.79 Å². The first-order valence-electron chi connectivity index (χ1n) is 9.89. The van der Waals surface area contributed by atoms with Crippen LogP contribution in [0.25, 0.3) is 0 Å². The molecule has 2 aliphatic heterocycles. The van der Waals surface area contributed by atoms with Crippen LogP contribution in [0.2, 0.25) is 0 Å². The molecule has 0 saturated carbocycles. The van der Waals surface area contributed by atoms with Crippen LogP contribution >= 0.6 is 0 Å². The van der Waals surface area contributed by atoms with Gasteiger partial charge in [-0.15, -0.1) is 6.58 Å². The molecule has 8 heteroatoms. The van der Waals surface area contributed by atoms with Gasteiger partial charge >= 0.3 is 6.03 Å². The summed E-state index contributed by atoms with van der Waals surface area (Å²) in [5.74, 6) is 1.02. The molecule has 2 aliphatic rings. The van der Waals surface area contributed by atoms with Crippen molar-refractivity contribution in [1.82, 2.24) is 20.1 Å². The van der Waals surface area contributed by atoms with Crippen molar-refractivity contribution in [3.63, 3.8) is 0 Å².